The van der Waals surface area contributed by atoms with Crippen molar-refractivity contribution in [1.82, 2.24) is 4.90 Å². The molecule has 20 heavy (non-hydrogen) atoms. The molecule has 5 nitrogen and oxygen atoms in total. The molecule has 1 aromatic carbocycles. The fourth-order valence-corrected chi connectivity index (χ4v) is 1.99. The van der Waals surface area contributed by atoms with E-state index in [1.807, 2.05) is 0 Å². The van der Waals surface area contributed by atoms with Crippen LogP contribution in [0.15, 0.2) is 23.2 Å². The molecule has 0 atom stereocenters. The number of hydrogen-bond acceptors (Lipinski definition) is 2. The minimum atomic E-state index is -0.643. The molecule has 1 heterocycles. The second-order valence-corrected chi connectivity index (χ2v) is 4.54. The van der Waals surface area contributed by atoms with Gasteiger partial charge in [-0.2, -0.15) is 0 Å². The van der Waals surface area contributed by atoms with E-state index >= 15 is 0 Å². The van der Waals surface area contributed by atoms with E-state index in [2.05, 4.69) is 10.3 Å². The van der Waals surface area contributed by atoms with Gasteiger partial charge in [0.25, 0.3) is 0 Å². The van der Waals surface area contributed by atoms with Gasteiger partial charge in [0.15, 0.2) is 5.96 Å². The average Bonchev–Trinajstić information content (AvgIpc) is 2.94. The number of rotatable bonds is 3. The van der Waals surface area contributed by atoms with Crippen LogP contribution in [0, 0.1) is 11.6 Å². The monoisotopic (exact) mass is 282 g/mol. The van der Waals surface area contributed by atoms with Gasteiger partial charge >= 0.3 is 0 Å². The van der Waals surface area contributed by atoms with E-state index in [0.29, 0.717) is 0 Å². The molecule has 1 amide bonds. The third kappa shape index (κ3) is 3.66. The smallest absolute Gasteiger partial charge is 0.244 e. The van der Waals surface area contributed by atoms with Gasteiger partial charge in [0.2, 0.25) is 5.91 Å². The SMILES string of the molecule is NC(=NCC(=O)N1CCCC1)Nc1cc(F)ccc1F. The van der Waals surface area contributed by atoms with Crippen LogP contribution in [0.1, 0.15) is 12.8 Å². The van der Waals surface area contributed by atoms with Gasteiger partial charge in [-0.1, -0.05) is 0 Å². The van der Waals surface area contributed by atoms with Crippen LogP contribution in [0.2, 0.25) is 0 Å². The number of anilines is 1. The number of likely N-dealkylation sites (tertiary alicyclic amines) is 1. The van der Waals surface area contributed by atoms with Crippen molar-refractivity contribution >= 4 is 17.6 Å². The topological polar surface area (TPSA) is 70.7 Å². The molecule has 1 aliphatic heterocycles. The number of nitrogens with one attached hydrogen (secondary N) is 1. The molecule has 0 saturated carbocycles. The Hall–Kier alpha value is -2.18. The number of aliphatic imine (C=N–C) groups is 1. The predicted molar refractivity (Wildman–Crippen MR) is 72.3 cm³/mol. The van der Waals surface area contributed by atoms with Crippen molar-refractivity contribution in [2.45, 2.75) is 12.8 Å². The minimum Gasteiger partial charge on any atom is -0.370 e. The molecule has 3 N–H and O–H groups in total. The third-order valence-corrected chi connectivity index (χ3v) is 3.03. The molecule has 1 aliphatic rings. The lowest BCUT2D eigenvalue weighted by Crippen LogP contribution is -2.31. The summed E-state index contributed by atoms with van der Waals surface area (Å²) in [4.78, 5) is 17.3. The highest BCUT2D eigenvalue weighted by Gasteiger charge is 2.17. The van der Waals surface area contributed by atoms with E-state index in [4.69, 9.17) is 5.73 Å². The van der Waals surface area contributed by atoms with Crippen molar-refractivity contribution in [2.24, 2.45) is 10.7 Å². The van der Waals surface area contributed by atoms with E-state index in [1.54, 1.807) is 4.90 Å². The molecule has 1 aromatic rings. The first-order chi connectivity index (χ1) is 9.56. The molecule has 0 spiro atoms. The van der Waals surface area contributed by atoms with Gasteiger partial charge < -0.3 is 16.0 Å². The Kier molecular flexibility index (Phi) is 4.49. The molecular formula is C13H16F2N4O. The summed E-state index contributed by atoms with van der Waals surface area (Å²) < 4.78 is 26.3. The average molecular weight is 282 g/mol. The molecule has 0 bridgehead atoms. The van der Waals surface area contributed by atoms with E-state index in [-0.39, 0.29) is 24.1 Å². The standard InChI is InChI=1S/C13H16F2N4O/c14-9-3-4-10(15)11(7-9)18-13(16)17-8-12(20)19-5-1-2-6-19/h3-4,7H,1-2,5-6,8H2,(H3,16,17,18). The number of nitrogens with zero attached hydrogens (tertiary/aromatic N) is 2. The Labute approximate surface area is 115 Å². The van der Waals surface area contributed by atoms with Crippen LogP contribution in [-0.4, -0.2) is 36.4 Å². The van der Waals surface area contributed by atoms with E-state index in [1.165, 1.54) is 0 Å². The van der Waals surface area contributed by atoms with Crippen LogP contribution in [0.4, 0.5) is 14.5 Å². The highest BCUT2D eigenvalue weighted by Crippen LogP contribution is 2.14. The number of carbonyl (C=O) groups is 1. The predicted octanol–water partition coefficient (Wildman–Crippen LogP) is 1.31. The number of nitrogens with two attached hydrogens (primary N) is 1. The number of guanidine groups is 1. The summed E-state index contributed by atoms with van der Waals surface area (Å²) in [5.41, 5.74) is 5.44. The highest BCUT2D eigenvalue weighted by atomic mass is 19.1. The number of carbonyl (C=O) groups excluding carboxylic acids is 1. The van der Waals surface area contributed by atoms with Crippen molar-refractivity contribution in [3.63, 3.8) is 0 Å². The number of hydrogen-bond donors (Lipinski definition) is 2. The maximum Gasteiger partial charge on any atom is 0.244 e. The summed E-state index contributed by atoms with van der Waals surface area (Å²) in [5, 5.41) is 2.44. The van der Waals surface area contributed by atoms with Gasteiger partial charge in [0.05, 0.1) is 5.69 Å². The van der Waals surface area contributed by atoms with Gasteiger partial charge in [-0.3, -0.25) is 4.79 Å². The maximum atomic E-state index is 13.4. The van der Waals surface area contributed by atoms with E-state index < -0.39 is 11.6 Å². The Morgan fingerprint density at radius 2 is 2.05 bits per heavy atom. The maximum absolute atomic E-state index is 13.4. The molecule has 0 radical (unpaired) electrons. The van der Waals surface area contributed by atoms with Crippen molar-refractivity contribution in [2.75, 3.05) is 25.0 Å². The van der Waals surface area contributed by atoms with Crippen LogP contribution >= 0.6 is 0 Å². The van der Waals surface area contributed by atoms with E-state index in [9.17, 15) is 13.6 Å². The lowest BCUT2D eigenvalue weighted by Gasteiger charge is -2.13. The molecule has 2 rings (SSSR count). The summed E-state index contributed by atoms with van der Waals surface area (Å²) in [7, 11) is 0. The Morgan fingerprint density at radius 1 is 1.35 bits per heavy atom. The normalized spacial score (nSPS) is 15.5. The van der Waals surface area contributed by atoms with Gasteiger partial charge in [0, 0.05) is 19.2 Å². The molecule has 1 fully saturated rings. The van der Waals surface area contributed by atoms with Crippen molar-refractivity contribution < 1.29 is 13.6 Å². The van der Waals surface area contributed by atoms with Gasteiger partial charge in [0.1, 0.15) is 18.2 Å². The summed E-state index contributed by atoms with van der Waals surface area (Å²) >= 11 is 0. The zero-order valence-corrected chi connectivity index (χ0v) is 10.9. The van der Waals surface area contributed by atoms with Crippen LogP contribution in [-0.2, 0) is 4.79 Å². The van der Waals surface area contributed by atoms with Crippen molar-refractivity contribution in [1.29, 1.82) is 0 Å². The number of benzene rings is 1. The second-order valence-electron chi connectivity index (χ2n) is 4.54. The van der Waals surface area contributed by atoms with E-state index in [0.717, 1.165) is 44.1 Å². The molecule has 1 saturated heterocycles. The van der Waals surface area contributed by atoms with Gasteiger partial charge in [-0.25, -0.2) is 13.8 Å². The molecule has 0 unspecified atom stereocenters. The molecular weight excluding hydrogens is 266 g/mol. The second kappa shape index (κ2) is 6.31. The zero-order chi connectivity index (χ0) is 14.5. The third-order valence-electron chi connectivity index (χ3n) is 3.03. The summed E-state index contributed by atoms with van der Waals surface area (Å²) in [6, 6.07) is 2.96. The van der Waals surface area contributed by atoms with Crippen molar-refractivity contribution in [3.05, 3.63) is 29.8 Å². The number of amides is 1. The van der Waals surface area contributed by atoms with Crippen LogP contribution in [0.25, 0.3) is 0 Å². The molecule has 0 aliphatic carbocycles. The van der Waals surface area contributed by atoms with Crippen LogP contribution in [0.5, 0.6) is 0 Å². The molecule has 0 aromatic heterocycles. The van der Waals surface area contributed by atoms with Crippen LogP contribution in [0.3, 0.4) is 0 Å². The fourth-order valence-electron chi connectivity index (χ4n) is 1.99. The van der Waals surface area contributed by atoms with Crippen LogP contribution < -0.4 is 11.1 Å². The fraction of sp³-hybridized carbons (Fsp3) is 0.385. The first-order valence-electron chi connectivity index (χ1n) is 6.36. The summed E-state index contributed by atoms with van der Waals surface area (Å²) in [6.07, 6.45) is 2.00. The quantitative estimate of drug-likeness (QED) is 0.648. The van der Waals surface area contributed by atoms with Gasteiger partial charge in [-0.15, -0.1) is 0 Å². The molecule has 7 heteroatoms. The Bertz CT molecular complexity index is 527. The number of halogens is 2. The van der Waals surface area contributed by atoms with Crippen molar-refractivity contribution in [3.8, 4) is 0 Å². The molecule has 108 valence electrons. The van der Waals surface area contributed by atoms with Gasteiger partial charge in [-0.05, 0) is 25.0 Å². The lowest BCUT2D eigenvalue weighted by molar-refractivity contribution is -0.128. The largest absolute Gasteiger partial charge is 0.370 e. The zero-order valence-electron chi connectivity index (χ0n) is 10.9. The summed E-state index contributed by atoms with van der Waals surface area (Å²) in [6.45, 7) is 1.37. The first-order valence-corrected chi connectivity index (χ1v) is 6.36. The lowest BCUT2D eigenvalue weighted by atomic mass is 10.3. The Balaban J connectivity index is 1.93. The highest BCUT2D eigenvalue weighted by molar-refractivity contribution is 5.94. The Morgan fingerprint density at radius 3 is 2.75 bits per heavy atom. The first kappa shape index (κ1) is 14.2. The summed E-state index contributed by atoms with van der Waals surface area (Å²) in [5.74, 6) is -1.47. The minimum absolute atomic E-state index is 0.101.